The van der Waals surface area contributed by atoms with Crippen molar-refractivity contribution in [3.05, 3.63) is 23.7 Å². The molecule has 2 aromatic heterocycles. The fourth-order valence-corrected chi connectivity index (χ4v) is 2.18. The molecule has 0 bridgehead atoms. The van der Waals surface area contributed by atoms with Crippen molar-refractivity contribution in [3.63, 3.8) is 0 Å². The highest BCUT2D eigenvalue weighted by atomic mass is 35.5. The molecule has 1 N–H and O–H groups in total. The normalized spacial score (nSPS) is 10.9. The Hall–Kier alpha value is -1.62. The van der Waals surface area contributed by atoms with E-state index in [2.05, 4.69) is 15.3 Å². The first kappa shape index (κ1) is 13.8. The number of carbonyl (C=O) groups excluding carboxylic acids is 1. The minimum atomic E-state index is -0.0351. The quantitative estimate of drug-likeness (QED) is 0.848. The van der Waals surface area contributed by atoms with Gasteiger partial charge in [0.25, 0.3) is 0 Å². The molecule has 0 aliphatic rings. The van der Waals surface area contributed by atoms with Gasteiger partial charge in [-0.2, -0.15) is 0 Å². The van der Waals surface area contributed by atoms with Gasteiger partial charge in [0.1, 0.15) is 11.3 Å². The van der Waals surface area contributed by atoms with Crippen LogP contribution in [0.1, 0.15) is 18.3 Å². The van der Waals surface area contributed by atoms with E-state index in [1.807, 2.05) is 23.8 Å². The average molecular weight is 281 g/mol. The zero-order valence-electron chi connectivity index (χ0n) is 11.1. The second kappa shape index (κ2) is 6.02. The Morgan fingerprint density at radius 3 is 3.00 bits per heavy atom. The summed E-state index contributed by atoms with van der Waals surface area (Å²) < 4.78 is 2.02. The van der Waals surface area contributed by atoms with E-state index >= 15 is 0 Å². The van der Waals surface area contributed by atoms with E-state index in [9.17, 15) is 4.79 Å². The van der Waals surface area contributed by atoms with Crippen molar-refractivity contribution in [2.24, 2.45) is 0 Å². The standard InChI is InChI=1S/C13H17ClN4O/c1-9-7-11-13(16-8-9)18(6-5-15-10(2)19)12(17-11)3-4-14/h7-8H,3-6H2,1-2H3,(H,15,19). The Morgan fingerprint density at radius 2 is 2.32 bits per heavy atom. The van der Waals surface area contributed by atoms with Crippen LogP contribution in [0.3, 0.4) is 0 Å². The second-order valence-electron chi connectivity index (χ2n) is 4.46. The van der Waals surface area contributed by atoms with Crippen molar-refractivity contribution < 1.29 is 4.79 Å². The highest BCUT2D eigenvalue weighted by Gasteiger charge is 2.11. The molecule has 0 atom stereocenters. The zero-order chi connectivity index (χ0) is 13.8. The summed E-state index contributed by atoms with van der Waals surface area (Å²) in [7, 11) is 0. The number of carbonyl (C=O) groups is 1. The molecular formula is C13H17ClN4O. The molecule has 1 amide bonds. The first-order valence-electron chi connectivity index (χ1n) is 6.24. The van der Waals surface area contributed by atoms with Crippen molar-refractivity contribution in [2.45, 2.75) is 26.8 Å². The number of nitrogens with one attached hydrogen (secondary N) is 1. The average Bonchev–Trinajstić information content (AvgIpc) is 2.66. The molecule has 0 aliphatic heterocycles. The number of aromatic nitrogens is 3. The molecule has 0 aromatic carbocycles. The van der Waals surface area contributed by atoms with E-state index < -0.39 is 0 Å². The number of fused-ring (bicyclic) bond motifs is 1. The lowest BCUT2D eigenvalue weighted by atomic mass is 10.3. The van der Waals surface area contributed by atoms with Crippen LogP contribution in [0, 0.1) is 6.92 Å². The number of pyridine rings is 1. The number of hydrogen-bond acceptors (Lipinski definition) is 3. The molecular weight excluding hydrogens is 264 g/mol. The van der Waals surface area contributed by atoms with Crippen molar-refractivity contribution >= 4 is 28.7 Å². The number of alkyl halides is 1. The fraction of sp³-hybridized carbons (Fsp3) is 0.462. The van der Waals surface area contributed by atoms with Gasteiger partial charge < -0.3 is 9.88 Å². The van der Waals surface area contributed by atoms with E-state index in [0.29, 0.717) is 25.4 Å². The van der Waals surface area contributed by atoms with Crippen LogP contribution in [0.25, 0.3) is 11.2 Å². The second-order valence-corrected chi connectivity index (χ2v) is 4.83. The van der Waals surface area contributed by atoms with Gasteiger partial charge >= 0.3 is 0 Å². The maximum atomic E-state index is 10.9. The lowest BCUT2D eigenvalue weighted by molar-refractivity contribution is -0.118. The molecule has 0 saturated heterocycles. The van der Waals surface area contributed by atoms with Gasteiger partial charge in [0.15, 0.2) is 5.65 Å². The van der Waals surface area contributed by atoms with E-state index in [1.54, 1.807) is 0 Å². The summed E-state index contributed by atoms with van der Waals surface area (Å²) >= 11 is 5.81. The van der Waals surface area contributed by atoms with Gasteiger partial charge in [-0.15, -0.1) is 11.6 Å². The molecule has 2 heterocycles. The molecule has 6 heteroatoms. The Labute approximate surface area is 117 Å². The maximum Gasteiger partial charge on any atom is 0.216 e. The largest absolute Gasteiger partial charge is 0.355 e. The van der Waals surface area contributed by atoms with Gasteiger partial charge in [-0.05, 0) is 18.6 Å². The number of aryl methyl sites for hydroxylation is 2. The third-order valence-electron chi connectivity index (χ3n) is 2.83. The minimum absolute atomic E-state index is 0.0351. The van der Waals surface area contributed by atoms with Gasteiger partial charge in [0, 0.05) is 38.5 Å². The maximum absolute atomic E-state index is 10.9. The van der Waals surface area contributed by atoms with Crippen molar-refractivity contribution in [1.29, 1.82) is 0 Å². The molecule has 19 heavy (non-hydrogen) atoms. The number of nitrogens with zero attached hydrogens (tertiary/aromatic N) is 3. The number of hydrogen-bond donors (Lipinski definition) is 1. The molecule has 0 aliphatic carbocycles. The molecule has 0 fully saturated rings. The molecule has 0 spiro atoms. The van der Waals surface area contributed by atoms with E-state index in [-0.39, 0.29) is 5.91 Å². The molecule has 0 saturated carbocycles. The van der Waals surface area contributed by atoms with Gasteiger partial charge in [-0.25, -0.2) is 9.97 Å². The fourth-order valence-electron chi connectivity index (χ4n) is 2.01. The van der Waals surface area contributed by atoms with Crippen LogP contribution in [0.4, 0.5) is 0 Å². The molecule has 0 radical (unpaired) electrons. The minimum Gasteiger partial charge on any atom is -0.355 e. The van der Waals surface area contributed by atoms with Crippen LogP contribution in [0.15, 0.2) is 12.3 Å². The summed E-state index contributed by atoms with van der Waals surface area (Å²) in [5.74, 6) is 1.39. The summed E-state index contributed by atoms with van der Waals surface area (Å²) in [5.41, 5.74) is 2.80. The summed E-state index contributed by atoms with van der Waals surface area (Å²) in [6.45, 7) is 4.71. The molecule has 2 aromatic rings. The van der Waals surface area contributed by atoms with Gasteiger partial charge in [0.2, 0.25) is 5.91 Å². The number of rotatable bonds is 5. The molecule has 0 unspecified atom stereocenters. The zero-order valence-corrected chi connectivity index (χ0v) is 11.9. The Morgan fingerprint density at radius 1 is 1.53 bits per heavy atom. The van der Waals surface area contributed by atoms with Crippen LogP contribution in [-0.4, -0.2) is 32.9 Å². The topological polar surface area (TPSA) is 59.8 Å². The van der Waals surface area contributed by atoms with E-state index in [4.69, 9.17) is 11.6 Å². The SMILES string of the molecule is CC(=O)NCCn1c(CCCl)nc2cc(C)cnc21. The Bertz CT molecular complexity index is 594. The summed E-state index contributed by atoms with van der Waals surface area (Å²) in [6.07, 6.45) is 2.51. The van der Waals surface area contributed by atoms with E-state index in [0.717, 1.165) is 22.6 Å². The van der Waals surface area contributed by atoms with Crippen LogP contribution in [0.2, 0.25) is 0 Å². The van der Waals surface area contributed by atoms with Gasteiger partial charge in [0.05, 0.1) is 0 Å². The van der Waals surface area contributed by atoms with Crippen LogP contribution in [0.5, 0.6) is 0 Å². The summed E-state index contributed by atoms with van der Waals surface area (Å²) in [6, 6.07) is 2.01. The smallest absolute Gasteiger partial charge is 0.216 e. The summed E-state index contributed by atoms with van der Waals surface area (Å²) in [4.78, 5) is 19.9. The number of imidazole rings is 1. The third kappa shape index (κ3) is 3.23. The third-order valence-corrected chi connectivity index (χ3v) is 3.02. The van der Waals surface area contributed by atoms with E-state index in [1.165, 1.54) is 6.92 Å². The van der Waals surface area contributed by atoms with Crippen LogP contribution in [-0.2, 0) is 17.8 Å². The monoisotopic (exact) mass is 280 g/mol. The molecule has 102 valence electrons. The first-order valence-corrected chi connectivity index (χ1v) is 6.77. The number of halogens is 1. The Kier molecular flexibility index (Phi) is 4.37. The summed E-state index contributed by atoms with van der Waals surface area (Å²) in [5, 5.41) is 2.78. The lowest BCUT2D eigenvalue weighted by Crippen LogP contribution is -2.25. The highest BCUT2D eigenvalue weighted by molar-refractivity contribution is 6.17. The van der Waals surface area contributed by atoms with Crippen LogP contribution >= 0.6 is 11.6 Å². The predicted molar refractivity (Wildman–Crippen MR) is 75.4 cm³/mol. The van der Waals surface area contributed by atoms with Gasteiger partial charge in [-0.3, -0.25) is 4.79 Å². The van der Waals surface area contributed by atoms with Crippen LogP contribution < -0.4 is 5.32 Å². The predicted octanol–water partition coefficient (Wildman–Crippen LogP) is 1.66. The first-order chi connectivity index (χ1) is 9.11. The molecule has 5 nitrogen and oxygen atoms in total. The van der Waals surface area contributed by atoms with Crippen molar-refractivity contribution in [1.82, 2.24) is 19.9 Å². The molecule has 2 rings (SSSR count). The Balaban J connectivity index is 2.31. The lowest BCUT2D eigenvalue weighted by Gasteiger charge is -2.08. The van der Waals surface area contributed by atoms with Crippen molar-refractivity contribution in [2.75, 3.05) is 12.4 Å². The number of amides is 1. The highest BCUT2D eigenvalue weighted by Crippen LogP contribution is 2.15. The van der Waals surface area contributed by atoms with Gasteiger partial charge in [-0.1, -0.05) is 0 Å². The van der Waals surface area contributed by atoms with Crippen molar-refractivity contribution in [3.8, 4) is 0 Å².